The first-order valence-corrected chi connectivity index (χ1v) is 11.2. The lowest BCUT2D eigenvalue weighted by Gasteiger charge is -2.15. The van der Waals surface area contributed by atoms with Crippen molar-refractivity contribution in [3.8, 4) is 0 Å². The number of β-amino-alcohol motifs (C(OH)–C–C–N with tert-alkyl or cyclic N) is 2. The number of amides is 2. The molecule has 10 heteroatoms. The minimum Gasteiger partial charge on any atom is -0.445 e. The molecule has 2 saturated heterocycles. The lowest BCUT2D eigenvalue weighted by atomic mass is 10.2. The molecule has 0 saturated carbocycles. The van der Waals surface area contributed by atoms with Crippen LogP contribution in [0.3, 0.4) is 0 Å². The van der Waals surface area contributed by atoms with Crippen molar-refractivity contribution < 1.29 is 29.3 Å². The van der Waals surface area contributed by atoms with Gasteiger partial charge in [0, 0.05) is 26.2 Å². The maximum absolute atomic E-state index is 11.4. The standard InChI is InChI=1S/2C12H16N2O3/c2*15-11-7-13-6-10(11)14-12(16)17-8-9-4-2-1-3-5-9/h2*1-5,10-11,13,15H,6-8H2,(H,14,16)/t2*10-,11-/m10/s1. The second-order valence-electron chi connectivity index (χ2n) is 8.08. The number of hydrogen-bond donors (Lipinski definition) is 6. The fourth-order valence-corrected chi connectivity index (χ4v) is 3.46. The highest BCUT2D eigenvalue weighted by atomic mass is 16.6. The summed E-state index contributed by atoms with van der Waals surface area (Å²) in [6.45, 7) is 2.63. The van der Waals surface area contributed by atoms with Gasteiger partial charge in [-0.05, 0) is 11.1 Å². The van der Waals surface area contributed by atoms with E-state index in [1.807, 2.05) is 60.7 Å². The molecule has 2 heterocycles. The number of rotatable bonds is 6. The first-order valence-electron chi connectivity index (χ1n) is 11.2. The molecule has 6 N–H and O–H groups in total. The van der Waals surface area contributed by atoms with Gasteiger partial charge in [-0.25, -0.2) is 9.59 Å². The number of aliphatic hydroxyl groups is 2. The zero-order chi connectivity index (χ0) is 24.2. The van der Waals surface area contributed by atoms with E-state index in [0.717, 1.165) is 11.1 Å². The summed E-state index contributed by atoms with van der Waals surface area (Å²) in [5.74, 6) is 0. The maximum Gasteiger partial charge on any atom is 0.407 e. The highest BCUT2D eigenvalue weighted by Gasteiger charge is 2.27. The summed E-state index contributed by atoms with van der Waals surface area (Å²) in [5.41, 5.74) is 1.88. The highest BCUT2D eigenvalue weighted by Crippen LogP contribution is 2.04. The Balaban J connectivity index is 0.000000191. The van der Waals surface area contributed by atoms with Crippen molar-refractivity contribution in [2.24, 2.45) is 0 Å². The summed E-state index contributed by atoms with van der Waals surface area (Å²) >= 11 is 0. The van der Waals surface area contributed by atoms with Gasteiger partial charge in [0.05, 0.1) is 24.3 Å². The van der Waals surface area contributed by atoms with Crippen molar-refractivity contribution in [3.63, 3.8) is 0 Å². The highest BCUT2D eigenvalue weighted by molar-refractivity contribution is 5.68. The monoisotopic (exact) mass is 472 g/mol. The predicted octanol–water partition coefficient (Wildman–Crippen LogP) is 0.491. The summed E-state index contributed by atoms with van der Waals surface area (Å²) in [5, 5.41) is 30.2. The summed E-state index contributed by atoms with van der Waals surface area (Å²) in [7, 11) is 0. The molecule has 2 aromatic carbocycles. The molecule has 34 heavy (non-hydrogen) atoms. The van der Waals surface area contributed by atoms with Crippen LogP contribution in [0, 0.1) is 0 Å². The molecule has 2 fully saturated rings. The lowest BCUT2D eigenvalue weighted by Crippen LogP contribution is -2.42. The molecule has 0 radical (unpaired) electrons. The number of alkyl carbamates (subject to hydrolysis) is 2. The van der Waals surface area contributed by atoms with Crippen LogP contribution in [0.4, 0.5) is 9.59 Å². The molecule has 2 amide bonds. The first-order chi connectivity index (χ1) is 16.5. The number of hydrogen-bond acceptors (Lipinski definition) is 8. The van der Waals surface area contributed by atoms with Crippen molar-refractivity contribution in [1.82, 2.24) is 21.3 Å². The van der Waals surface area contributed by atoms with E-state index in [-0.39, 0.29) is 25.3 Å². The third kappa shape index (κ3) is 8.64. The van der Waals surface area contributed by atoms with Crippen LogP contribution < -0.4 is 21.3 Å². The van der Waals surface area contributed by atoms with E-state index >= 15 is 0 Å². The van der Waals surface area contributed by atoms with E-state index in [1.54, 1.807) is 0 Å². The number of ether oxygens (including phenoxy) is 2. The van der Waals surface area contributed by atoms with Crippen LogP contribution >= 0.6 is 0 Å². The van der Waals surface area contributed by atoms with Crippen LogP contribution in [-0.4, -0.2) is 72.9 Å². The van der Waals surface area contributed by atoms with Crippen molar-refractivity contribution in [3.05, 3.63) is 71.8 Å². The van der Waals surface area contributed by atoms with Gasteiger partial charge < -0.3 is 41.0 Å². The molecule has 0 aromatic heterocycles. The fraction of sp³-hybridized carbons (Fsp3) is 0.417. The Morgan fingerprint density at radius 3 is 1.41 bits per heavy atom. The summed E-state index contributed by atoms with van der Waals surface area (Å²) < 4.78 is 10.1. The average Bonchev–Trinajstić information content (AvgIpc) is 3.45. The van der Waals surface area contributed by atoms with Gasteiger partial charge in [-0.3, -0.25) is 0 Å². The number of carbonyl (C=O) groups excluding carboxylic acids is 2. The SMILES string of the molecule is O=C(N[C@@H]1CNC[C@H]1O)OCc1ccccc1.O=C(N[C@H]1CNC[C@@H]1O)OCc1ccccc1. The van der Waals surface area contributed by atoms with Crippen LogP contribution in [-0.2, 0) is 22.7 Å². The molecule has 184 valence electrons. The van der Waals surface area contributed by atoms with Gasteiger partial charge in [-0.15, -0.1) is 0 Å². The van der Waals surface area contributed by atoms with E-state index in [4.69, 9.17) is 9.47 Å². The van der Waals surface area contributed by atoms with Crippen LogP contribution in [0.1, 0.15) is 11.1 Å². The van der Waals surface area contributed by atoms with Gasteiger partial charge in [0.2, 0.25) is 0 Å². The van der Waals surface area contributed by atoms with Gasteiger partial charge in [0.15, 0.2) is 0 Å². The summed E-state index contributed by atoms with van der Waals surface area (Å²) in [6.07, 6.45) is -2.08. The molecule has 0 spiro atoms. The molecular formula is C24H32N4O6. The molecule has 0 aliphatic carbocycles. The van der Waals surface area contributed by atoms with Gasteiger partial charge in [-0.2, -0.15) is 0 Å². The van der Waals surface area contributed by atoms with Gasteiger partial charge in [0.25, 0.3) is 0 Å². The predicted molar refractivity (Wildman–Crippen MR) is 125 cm³/mol. The Labute approximate surface area is 198 Å². The van der Waals surface area contributed by atoms with Crippen molar-refractivity contribution >= 4 is 12.2 Å². The van der Waals surface area contributed by atoms with E-state index in [9.17, 15) is 19.8 Å². The zero-order valence-corrected chi connectivity index (χ0v) is 18.9. The minimum atomic E-state index is -0.542. The lowest BCUT2D eigenvalue weighted by molar-refractivity contribution is 0.118. The molecule has 10 nitrogen and oxygen atoms in total. The van der Waals surface area contributed by atoms with Crippen molar-refractivity contribution in [2.75, 3.05) is 26.2 Å². The topological polar surface area (TPSA) is 141 Å². The van der Waals surface area contributed by atoms with Gasteiger partial charge >= 0.3 is 12.2 Å². The van der Waals surface area contributed by atoms with Crippen molar-refractivity contribution in [1.29, 1.82) is 0 Å². The average molecular weight is 473 g/mol. The van der Waals surface area contributed by atoms with E-state index < -0.39 is 24.4 Å². The number of benzene rings is 2. The number of nitrogens with one attached hydrogen (secondary N) is 4. The molecule has 4 rings (SSSR count). The smallest absolute Gasteiger partial charge is 0.407 e. The summed E-state index contributed by atoms with van der Waals surface area (Å²) in [6, 6.07) is 18.4. The third-order valence-corrected chi connectivity index (χ3v) is 5.40. The van der Waals surface area contributed by atoms with E-state index in [1.165, 1.54) is 0 Å². The van der Waals surface area contributed by atoms with E-state index in [2.05, 4.69) is 21.3 Å². The van der Waals surface area contributed by atoms with Crippen LogP contribution in [0.2, 0.25) is 0 Å². The Morgan fingerprint density at radius 2 is 1.09 bits per heavy atom. The Morgan fingerprint density at radius 1 is 0.706 bits per heavy atom. The van der Waals surface area contributed by atoms with Gasteiger partial charge in [0.1, 0.15) is 13.2 Å². The number of carbonyl (C=O) groups is 2. The molecular weight excluding hydrogens is 440 g/mol. The zero-order valence-electron chi connectivity index (χ0n) is 18.9. The maximum atomic E-state index is 11.4. The number of aliphatic hydroxyl groups excluding tert-OH is 2. The molecule has 2 aromatic rings. The molecule has 2 aliphatic heterocycles. The Bertz CT molecular complexity index is 812. The Kier molecular flexibility index (Phi) is 10.1. The molecule has 0 unspecified atom stereocenters. The second kappa shape index (κ2) is 13.5. The largest absolute Gasteiger partial charge is 0.445 e. The molecule has 4 atom stereocenters. The molecule has 0 bridgehead atoms. The van der Waals surface area contributed by atoms with Gasteiger partial charge in [-0.1, -0.05) is 60.7 Å². The Hall–Kier alpha value is -3.18. The third-order valence-electron chi connectivity index (χ3n) is 5.40. The second-order valence-corrected chi connectivity index (χ2v) is 8.08. The van der Waals surface area contributed by atoms with E-state index in [0.29, 0.717) is 26.2 Å². The normalized spacial score (nSPS) is 23.4. The van der Waals surface area contributed by atoms with Crippen LogP contribution in [0.5, 0.6) is 0 Å². The van der Waals surface area contributed by atoms with Crippen LogP contribution in [0.25, 0.3) is 0 Å². The quantitative estimate of drug-likeness (QED) is 0.357. The fourth-order valence-electron chi connectivity index (χ4n) is 3.46. The molecule has 2 aliphatic rings. The van der Waals surface area contributed by atoms with Crippen molar-refractivity contribution in [2.45, 2.75) is 37.5 Å². The summed E-state index contributed by atoms with van der Waals surface area (Å²) in [4.78, 5) is 22.9. The first kappa shape index (κ1) is 25.4. The minimum absolute atomic E-state index is 0.239. The van der Waals surface area contributed by atoms with Crippen LogP contribution in [0.15, 0.2) is 60.7 Å².